The molecule has 1 fully saturated rings. The van der Waals surface area contributed by atoms with Gasteiger partial charge in [0.2, 0.25) is 0 Å². The molecule has 0 radical (unpaired) electrons. The number of para-hydroxylation sites is 2. The van der Waals surface area contributed by atoms with Crippen LogP contribution in [0.4, 0.5) is 5.69 Å². The Morgan fingerprint density at radius 2 is 1.88 bits per heavy atom. The molecule has 1 aliphatic heterocycles. The summed E-state index contributed by atoms with van der Waals surface area (Å²) in [6, 6.07) is 13.6. The Morgan fingerprint density at radius 1 is 1.20 bits per heavy atom. The number of hydrogen-bond acceptors (Lipinski definition) is 5. The number of anilines is 1. The number of amides is 1. The molecule has 0 aromatic heterocycles. The average molecular weight is 371 g/mol. The molecule has 126 valence electrons. The van der Waals surface area contributed by atoms with E-state index in [1.807, 2.05) is 0 Å². The molecule has 0 spiro atoms. The van der Waals surface area contributed by atoms with E-state index in [2.05, 4.69) is 0 Å². The summed E-state index contributed by atoms with van der Waals surface area (Å²) in [7, 11) is 1.52. The highest BCUT2D eigenvalue weighted by Crippen LogP contribution is 2.39. The van der Waals surface area contributed by atoms with Gasteiger partial charge in [-0.05, 0) is 29.8 Å². The van der Waals surface area contributed by atoms with E-state index in [-0.39, 0.29) is 11.5 Å². The Kier molecular flexibility index (Phi) is 4.87. The zero-order valence-corrected chi connectivity index (χ0v) is 14.8. The maximum Gasteiger partial charge on any atom is 0.336 e. The van der Waals surface area contributed by atoms with Gasteiger partial charge in [-0.25, -0.2) is 4.79 Å². The van der Waals surface area contributed by atoms with Gasteiger partial charge in [-0.15, -0.1) is 0 Å². The Balaban J connectivity index is 2.01. The van der Waals surface area contributed by atoms with Crippen molar-refractivity contribution < 1.29 is 19.4 Å². The number of hydrogen-bond donors (Lipinski definition) is 1. The predicted molar refractivity (Wildman–Crippen MR) is 102 cm³/mol. The Morgan fingerprint density at radius 3 is 2.60 bits per heavy atom. The fourth-order valence-electron chi connectivity index (χ4n) is 2.45. The number of ether oxygens (including phenoxy) is 1. The molecule has 1 saturated heterocycles. The molecule has 1 amide bonds. The summed E-state index contributed by atoms with van der Waals surface area (Å²) in [5.41, 5.74) is 1.14. The Bertz CT molecular complexity index is 907. The predicted octanol–water partition coefficient (Wildman–Crippen LogP) is 3.80. The molecule has 5 nitrogen and oxygen atoms in total. The van der Waals surface area contributed by atoms with Crippen molar-refractivity contribution in [3.8, 4) is 5.75 Å². The fraction of sp³-hybridized carbons (Fsp3) is 0.0556. The van der Waals surface area contributed by atoms with E-state index in [1.54, 1.807) is 48.5 Å². The van der Waals surface area contributed by atoms with Gasteiger partial charge in [0.1, 0.15) is 5.75 Å². The van der Waals surface area contributed by atoms with E-state index in [9.17, 15) is 14.7 Å². The van der Waals surface area contributed by atoms with Crippen LogP contribution in [0.1, 0.15) is 15.9 Å². The molecule has 2 aromatic carbocycles. The number of aromatic carboxylic acids is 1. The van der Waals surface area contributed by atoms with Crippen LogP contribution in [0.15, 0.2) is 53.4 Å². The van der Waals surface area contributed by atoms with Crippen LogP contribution in [0.25, 0.3) is 6.08 Å². The van der Waals surface area contributed by atoms with E-state index in [0.717, 1.165) is 11.8 Å². The molecule has 2 aromatic rings. The highest BCUT2D eigenvalue weighted by atomic mass is 32.2. The first kappa shape index (κ1) is 17.2. The normalized spacial score (nSPS) is 15.7. The lowest BCUT2D eigenvalue weighted by molar-refractivity contribution is -0.113. The molecule has 3 rings (SSSR count). The van der Waals surface area contributed by atoms with Gasteiger partial charge < -0.3 is 9.84 Å². The summed E-state index contributed by atoms with van der Waals surface area (Å²) in [5, 5.41) is 9.28. The molecule has 0 bridgehead atoms. The molecular formula is C18H13NO4S2. The molecule has 7 heteroatoms. The summed E-state index contributed by atoms with van der Waals surface area (Å²) in [6.07, 6.45) is 1.55. The molecule has 1 aliphatic rings. The molecule has 0 saturated carbocycles. The van der Waals surface area contributed by atoms with Gasteiger partial charge in [-0.3, -0.25) is 9.69 Å². The molecule has 0 atom stereocenters. The van der Waals surface area contributed by atoms with Crippen LogP contribution in [0, 0.1) is 0 Å². The van der Waals surface area contributed by atoms with E-state index >= 15 is 0 Å². The second-order valence-corrected chi connectivity index (χ2v) is 6.76. The second-order valence-electron chi connectivity index (χ2n) is 5.08. The highest BCUT2D eigenvalue weighted by molar-refractivity contribution is 8.27. The second kappa shape index (κ2) is 7.08. The number of carbonyl (C=O) groups is 2. The smallest absolute Gasteiger partial charge is 0.336 e. The zero-order chi connectivity index (χ0) is 18.0. The summed E-state index contributed by atoms with van der Waals surface area (Å²) < 4.78 is 5.67. The van der Waals surface area contributed by atoms with Crippen LogP contribution in [-0.4, -0.2) is 28.4 Å². The number of carboxylic acids is 1. The maximum absolute atomic E-state index is 12.8. The number of methoxy groups -OCH3 is 1. The minimum Gasteiger partial charge on any atom is -0.495 e. The van der Waals surface area contributed by atoms with Crippen LogP contribution in [-0.2, 0) is 4.79 Å². The van der Waals surface area contributed by atoms with Gasteiger partial charge in [-0.2, -0.15) is 0 Å². The van der Waals surface area contributed by atoms with E-state index in [1.165, 1.54) is 18.1 Å². The zero-order valence-electron chi connectivity index (χ0n) is 13.1. The number of rotatable bonds is 4. The molecule has 0 aliphatic carbocycles. The van der Waals surface area contributed by atoms with E-state index in [0.29, 0.717) is 26.2 Å². The van der Waals surface area contributed by atoms with Gasteiger partial charge in [0.15, 0.2) is 4.32 Å². The number of nitrogens with zero attached hydrogens (tertiary/aromatic N) is 1. The molecule has 25 heavy (non-hydrogen) atoms. The average Bonchev–Trinajstić information content (AvgIpc) is 2.88. The molecule has 1 heterocycles. The van der Waals surface area contributed by atoms with Crippen LogP contribution >= 0.6 is 24.0 Å². The first-order valence-electron chi connectivity index (χ1n) is 7.26. The van der Waals surface area contributed by atoms with Crippen molar-refractivity contribution in [2.24, 2.45) is 0 Å². The topological polar surface area (TPSA) is 66.8 Å². The number of carboxylic acid groups (broad SMARTS) is 1. The largest absolute Gasteiger partial charge is 0.495 e. The van der Waals surface area contributed by atoms with Crippen LogP contribution in [0.5, 0.6) is 5.75 Å². The quantitative estimate of drug-likeness (QED) is 0.651. The van der Waals surface area contributed by atoms with Crippen molar-refractivity contribution in [1.29, 1.82) is 0 Å². The molecule has 0 unspecified atom stereocenters. The third-order valence-electron chi connectivity index (χ3n) is 3.60. The summed E-state index contributed by atoms with van der Waals surface area (Å²) >= 11 is 6.47. The third-order valence-corrected chi connectivity index (χ3v) is 4.90. The third kappa shape index (κ3) is 3.29. The molecule has 1 N–H and O–H groups in total. The Hall–Kier alpha value is -2.64. The van der Waals surface area contributed by atoms with Gasteiger partial charge in [0.25, 0.3) is 5.91 Å². The van der Waals surface area contributed by atoms with E-state index in [4.69, 9.17) is 17.0 Å². The molecular weight excluding hydrogens is 358 g/mol. The minimum absolute atomic E-state index is 0.130. The van der Waals surface area contributed by atoms with Crippen molar-refractivity contribution in [3.05, 3.63) is 64.6 Å². The summed E-state index contributed by atoms with van der Waals surface area (Å²) in [6.45, 7) is 0. The fourth-order valence-corrected chi connectivity index (χ4v) is 3.72. The number of thioether (sulfide) groups is 1. The first-order valence-corrected chi connectivity index (χ1v) is 8.48. The lowest BCUT2D eigenvalue weighted by Crippen LogP contribution is -2.27. The van der Waals surface area contributed by atoms with Crippen molar-refractivity contribution in [2.45, 2.75) is 0 Å². The van der Waals surface area contributed by atoms with Crippen molar-refractivity contribution >= 4 is 51.9 Å². The first-order chi connectivity index (χ1) is 12.0. The van der Waals surface area contributed by atoms with Gasteiger partial charge >= 0.3 is 5.97 Å². The SMILES string of the molecule is COc1ccccc1N1C(=O)/C(=C\c2ccccc2C(=O)O)SC1=S. The number of carbonyl (C=O) groups excluding carboxylic acids is 1. The summed E-state index contributed by atoms with van der Waals surface area (Å²) in [5.74, 6) is -0.822. The summed E-state index contributed by atoms with van der Waals surface area (Å²) in [4.78, 5) is 25.9. The van der Waals surface area contributed by atoms with Gasteiger partial charge in [0.05, 0.1) is 23.3 Å². The lowest BCUT2D eigenvalue weighted by Gasteiger charge is -2.17. The minimum atomic E-state index is -1.05. The number of benzene rings is 2. The number of thiocarbonyl (C=S) groups is 1. The lowest BCUT2D eigenvalue weighted by atomic mass is 10.1. The van der Waals surface area contributed by atoms with Crippen LogP contribution in [0.3, 0.4) is 0 Å². The Labute approximate surface area is 153 Å². The van der Waals surface area contributed by atoms with Gasteiger partial charge in [-0.1, -0.05) is 54.3 Å². The monoisotopic (exact) mass is 371 g/mol. The highest BCUT2D eigenvalue weighted by Gasteiger charge is 2.35. The standard InChI is InChI=1S/C18H13NO4S2/c1-23-14-9-5-4-8-13(14)19-16(20)15(25-18(19)24)10-11-6-2-3-7-12(11)17(21)22/h2-10H,1H3,(H,21,22)/b15-10+. The van der Waals surface area contributed by atoms with Crippen molar-refractivity contribution in [1.82, 2.24) is 0 Å². The van der Waals surface area contributed by atoms with Crippen LogP contribution in [0.2, 0.25) is 0 Å². The van der Waals surface area contributed by atoms with E-state index < -0.39 is 5.97 Å². The van der Waals surface area contributed by atoms with Crippen molar-refractivity contribution in [3.63, 3.8) is 0 Å². The van der Waals surface area contributed by atoms with Gasteiger partial charge in [0, 0.05) is 0 Å². The maximum atomic E-state index is 12.8. The van der Waals surface area contributed by atoms with Crippen molar-refractivity contribution in [2.75, 3.05) is 12.0 Å². The van der Waals surface area contributed by atoms with Crippen LogP contribution < -0.4 is 9.64 Å².